The third kappa shape index (κ3) is 3.10. The zero-order valence-electron chi connectivity index (χ0n) is 13.1. The molecule has 1 unspecified atom stereocenters. The van der Waals surface area contributed by atoms with Gasteiger partial charge in [0.15, 0.2) is 0 Å². The molecule has 0 N–H and O–H groups in total. The number of benzene rings is 2. The van der Waals surface area contributed by atoms with Crippen LogP contribution in [0.25, 0.3) is 0 Å². The van der Waals surface area contributed by atoms with Crippen molar-refractivity contribution in [1.29, 1.82) is 0 Å². The molecular formula is C18H19NO3S. The van der Waals surface area contributed by atoms with E-state index in [4.69, 9.17) is 4.74 Å². The first-order valence-corrected chi connectivity index (χ1v) is 8.89. The summed E-state index contributed by atoms with van der Waals surface area (Å²) in [6.07, 6.45) is 1.22. The Balaban J connectivity index is 1.93. The molecule has 0 fully saturated rings. The van der Waals surface area contributed by atoms with Crippen LogP contribution in [0.4, 0.5) is 0 Å². The van der Waals surface area contributed by atoms with Gasteiger partial charge in [0, 0.05) is 0 Å². The van der Waals surface area contributed by atoms with E-state index in [0.29, 0.717) is 10.6 Å². The van der Waals surface area contributed by atoms with E-state index in [2.05, 4.69) is 0 Å². The minimum absolute atomic E-state index is 0.266. The van der Waals surface area contributed by atoms with E-state index in [9.17, 15) is 8.42 Å². The number of aryl methyl sites for hydroxylation is 1. The monoisotopic (exact) mass is 329 g/mol. The number of sulfonamides is 1. The van der Waals surface area contributed by atoms with Crippen LogP contribution in [0.1, 0.15) is 24.2 Å². The molecule has 120 valence electrons. The summed E-state index contributed by atoms with van der Waals surface area (Å²) in [6, 6.07) is 16.5. The van der Waals surface area contributed by atoms with Crippen molar-refractivity contribution in [2.24, 2.45) is 0 Å². The first-order valence-electron chi connectivity index (χ1n) is 7.45. The van der Waals surface area contributed by atoms with E-state index in [1.165, 1.54) is 10.6 Å². The molecule has 4 nitrogen and oxygen atoms in total. The third-order valence-corrected chi connectivity index (χ3v) is 5.79. The maximum Gasteiger partial charge on any atom is 0.264 e. The second-order valence-electron chi connectivity index (χ2n) is 5.64. The Labute approximate surface area is 137 Å². The zero-order valence-corrected chi connectivity index (χ0v) is 14.0. The number of ether oxygens (including phenoxy) is 1. The van der Waals surface area contributed by atoms with Crippen LogP contribution in [0.3, 0.4) is 0 Å². The SMILES string of the molecule is CC1=COC(c2ccccc2)CN1S(=O)(=O)c1ccc(C)cc1. The van der Waals surface area contributed by atoms with Crippen molar-refractivity contribution < 1.29 is 13.2 Å². The fourth-order valence-corrected chi connectivity index (χ4v) is 4.04. The van der Waals surface area contributed by atoms with Crippen LogP contribution >= 0.6 is 0 Å². The normalized spacial score (nSPS) is 18.3. The van der Waals surface area contributed by atoms with Crippen LogP contribution < -0.4 is 0 Å². The second kappa shape index (κ2) is 6.08. The molecule has 0 aliphatic carbocycles. The Kier molecular flexibility index (Phi) is 4.13. The first kappa shape index (κ1) is 15.6. The number of hydrogen-bond acceptors (Lipinski definition) is 3. The van der Waals surface area contributed by atoms with Gasteiger partial charge in [-0.1, -0.05) is 48.0 Å². The molecule has 1 aliphatic heterocycles. The lowest BCUT2D eigenvalue weighted by Crippen LogP contribution is -2.36. The van der Waals surface area contributed by atoms with E-state index in [-0.39, 0.29) is 12.6 Å². The van der Waals surface area contributed by atoms with Gasteiger partial charge in [0.25, 0.3) is 10.0 Å². The van der Waals surface area contributed by atoms with Crippen molar-refractivity contribution in [3.63, 3.8) is 0 Å². The minimum Gasteiger partial charge on any atom is -0.490 e. The van der Waals surface area contributed by atoms with Gasteiger partial charge in [-0.15, -0.1) is 0 Å². The predicted molar refractivity (Wildman–Crippen MR) is 89.1 cm³/mol. The Morgan fingerprint density at radius 2 is 1.65 bits per heavy atom. The highest BCUT2D eigenvalue weighted by Crippen LogP contribution is 2.30. The quantitative estimate of drug-likeness (QED) is 0.864. The van der Waals surface area contributed by atoms with Crippen molar-refractivity contribution >= 4 is 10.0 Å². The van der Waals surface area contributed by atoms with E-state index >= 15 is 0 Å². The summed E-state index contributed by atoms with van der Waals surface area (Å²) in [6.45, 7) is 3.94. The van der Waals surface area contributed by atoms with E-state index in [0.717, 1.165) is 11.1 Å². The van der Waals surface area contributed by atoms with Gasteiger partial charge in [0.05, 0.1) is 17.1 Å². The second-order valence-corrected chi connectivity index (χ2v) is 7.51. The van der Waals surface area contributed by atoms with Crippen molar-refractivity contribution in [3.8, 4) is 0 Å². The maximum absolute atomic E-state index is 12.9. The highest BCUT2D eigenvalue weighted by Gasteiger charge is 2.31. The molecule has 1 aliphatic rings. The smallest absolute Gasteiger partial charge is 0.264 e. The van der Waals surface area contributed by atoms with Crippen LogP contribution in [0.2, 0.25) is 0 Å². The van der Waals surface area contributed by atoms with E-state index in [1.54, 1.807) is 31.2 Å². The summed E-state index contributed by atoms with van der Waals surface area (Å²) in [7, 11) is -3.58. The Morgan fingerprint density at radius 3 is 2.30 bits per heavy atom. The molecule has 2 aromatic carbocycles. The van der Waals surface area contributed by atoms with Crippen molar-refractivity contribution in [2.75, 3.05) is 6.54 Å². The van der Waals surface area contributed by atoms with Gasteiger partial charge in [-0.3, -0.25) is 4.31 Å². The van der Waals surface area contributed by atoms with Crippen LogP contribution in [0.5, 0.6) is 0 Å². The molecule has 0 bridgehead atoms. The van der Waals surface area contributed by atoms with Crippen molar-refractivity contribution in [1.82, 2.24) is 4.31 Å². The van der Waals surface area contributed by atoms with Crippen molar-refractivity contribution in [2.45, 2.75) is 24.8 Å². The van der Waals surface area contributed by atoms with Gasteiger partial charge < -0.3 is 4.74 Å². The topological polar surface area (TPSA) is 46.6 Å². The van der Waals surface area contributed by atoms with Gasteiger partial charge in [0.2, 0.25) is 0 Å². The Hall–Kier alpha value is -2.27. The fourth-order valence-electron chi connectivity index (χ4n) is 2.55. The summed E-state index contributed by atoms with van der Waals surface area (Å²) < 4.78 is 32.9. The predicted octanol–water partition coefficient (Wildman–Crippen LogP) is 3.62. The highest BCUT2D eigenvalue weighted by molar-refractivity contribution is 7.89. The van der Waals surface area contributed by atoms with E-state index in [1.807, 2.05) is 37.3 Å². The molecule has 1 atom stereocenters. The number of hydrogen-bond donors (Lipinski definition) is 0. The molecule has 5 heteroatoms. The summed E-state index contributed by atoms with van der Waals surface area (Å²) in [5, 5.41) is 0. The largest absolute Gasteiger partial charge is 0.490 e. The molecule has 2 aromatic rings. The van der Waals surface area contributed by atoms with Crippen LogP contribution in [0, 0.1) is 6.92 Å². The Morgan fingerprint density at radius 1 is 1.00 bits per heavy atom. The highest BCUT2D eigenvalue weighted by atomic mass is 32.2. The molecule has 23 heavy (non-hydrogen) atoms. The molecule has 3 rings (SSSR count). The van der Waals surface area contributed by atoms with Crippen LogP contribution in [-0.2, 0) is 14.8 Å². The number of nitrogens with zero attached hydrogens (tertiary/aromatic N) is 1. The Bertz CT molecular complexity index is 811. The average molecular weight is 329 g/mol. The molecule has 0 aromatic heterocycles. The van der Waals surface area contributed by atoms with Crippen molar-refractivity contribution in [3.05, 3.63) is 77.7 Å². The summed E-state index contributed by atoms with van der Waals surface area (Å²) in [4.78, 5) is 0.296. The number of rotatable bonds is 3. The van der Waals surface area contributed by atoms with Gasteiger partial charge in [-0.2, -0.15) is 0 Å². The molecule has 0 saturated heterocycles. The van der Waals surface area contributed by atoms with Gasteiger partial charge in [-0.25, -0.2) is 8.42 Å². The maximum atomic E-state index is 12.9. The zero-order chi connectivity index (χ0) is 16.4. The molecule has 0 radical (unpaired) electrons. The average Bonchev–Trinajstić information content (AvgIpc) is 2.56. The first-order chi connectivity index (χ1) is 11.0. The minimum atomic E-state index is -3.58. The third-order valence-electron chi connectivity index (χ3n) is 3.91. The van der Waals surface area contributed by atoms with Gasteiger partial charge in [-0.05, 0) is 31.5 Å². The lowest BCUT2D eigenvalue weighted by molar-refractivity contribution is 0.101. The molecule has 0 spiro atoms. The van der Waals surface area contributed by atoms with Crippen LogP contribution in [-0.4, -0.2) is 19.3 Å². The molecule has 1 heterocycles. The lowest BCUT2D eigenvalue weighted by atomic mass is 10.1. The van der Waals surface area contributed by atoms with Gasteiger partial charge in [0.1, 0.15) is 12.4 Å². The number of allylic oxidation sites excluding steroid dienone is 1. The standard InChI is InChI=1S/C18H19NO3S/c1-14-8-10-17(11-9-14)23(20,21)19-12-18(22-13-15(19)2)16-6-4-3-5-7-16/h3-11,13,18H,12H2,1-2H3. The summed E-state index contributed by atoms with van der Waals surface area (Å²) >= 11 is 0. The fraction of sp³-hybridized carbons (Fsp3) is 0.222. The van der Waals surface area contributed by atoms with Gasteiger partial charge >= 0.3 is 0 Å². The summed E-state index contributed by atoms with van der Waals surface area (Å²) in [5.74, 6) is 0. The summed E-state index contributed by atoms with van der Waals surface area (Å²) in [5.41, 5.74) is 2.57. The molecular weight excluding hydrogens is 310 g/mol. The molecule has 0 saturated carbocycles. The lowest BCUT2D eigenvalue weighted by Gasteiger charge is -2.33. The molecule has 0 amide bonds. The van der Waals surface area contributed by atoms with E-state index < -0.39 is 10.0 Å². The van der Waals surface area contributed by atoms with Crippen LogP contribution in [0.15, 0.2) is 71.5 Å².